The lowest BCUT2D eigenvalue weighted by Gasteiger charge is -2.05. The predicted octanol–water partition coefficient (Wildman–Crippen LogP) is 4.61. The molecule has 0 saturated carbocycles. The molecular weight excluding hydrogens is 252 g/mol. The summed E-state index contributed by atoms with van der Waals surface area (Å²) in [6.07, 6.45) is 14.3. The fraction of sp³-hybridized carbons (Fsp3) is 0.941. The number of hydrogen-bond donors (Lipinski definition) is 1. The van der Waals surface area contributed by atoms with Crippen LogP contribution in [0.2, 0.25) is 0 Å². The molecule has 0 aromatic heterocycles. The molecule has 0 aliphatic heterocycles. The van der Waals surface area contributed by atoms with Gasteiger partial charge in [0, 0.05) is 13.0 Å². The van der Waals surface area contributed by atoms with Gasteiger partial charge in [-0.15, -0.1) is 0 Å². The van der Waals surface area contributed by atoms with Crippen LogP contribution >= 0.6 is 0 Å². The Morgan fingerprint density at radius 2 is 1.35 bits per heavy atom. The first-order valence-electron chi connectivity index (χ1n) is 8.57. The second kappa shape index (κ2) is 16.5. The molecule has 0 fully saturated rings. The molecule has 1 N–H and O–H groups in total. The van der Waals surface area contributed by atoms with Crippen LogP contribution in [0.25, 0.3) is 0 Å². The lowest BCUT2D eigenvalue weighted by molar-refractivity contribution is -0.143. The van der Waals surface area contributed by atoms with Gasteiger partial charge in [0.15, 0.2) is 0 Å². The Balaban J connectivity index is 3.11. The average molecular weight is 286 g/mol. The zero-order chi connectivity index (χ0) is 14.9. The van der Waals surface area contributed by atoms with Crippen LogP contribution in [-0.4, -0.2) is 24.3 Å². The number of carbonyl (C=O) groups is 1. The molecular formula is C17H34O3. The van der Waals surface area contributed by atoms with Crippen LogP contribution in [-0.2, 0) is 9.53 Å². The van der Waals surface area contributed by atoms with E-state index in [-0.39, 0.29) is 5.97 Å². The van der Waals surface area contributed by atoms with Crippen LogP contribution in [0.4, 0.5) is 0 Å². The lowest BCUT2D eigenvalue weighted by Crippen LogP contribution is -2.05. The molecule has 0 amide bonds. The number of carbonyl (C=O) groups excluding carboxylic acids is 1. The van der Waals surface area contributed by atoms with Gasteiger partial charge in [0.05, 0.1) is 6.61 Å². The van der Waals surface area contributed by atoms with Crippen LogP contribution in [0.5, 0.6) is 0 Å². The van der Waals surface area contributed by atoms with Crippen molar-refractivity contribution in [2.24, 2.45) is 0 Å². The van der Waals surface area contributed by atoms with Gasteiger partial charge in [-0.3, -0.25) is 4.79 Å². The predicted molar refractivity (Wildman–Crippen MR) is 83.7 cm³/mol. The van der Waals surface area contributed by atoms with E-state index >= 15 is 0 Å². The second-order valence-electron chi connectivity index (χ2n) is 5.58. The monoisotopic (exact) mass is 286 g/mol. The minimum atomic E-state index is -0.0237. The molecule has 0 bridgehead atoms. The summed E-state index contributed by atoms with van der Waals surface area (Å²) in [5, 5.41) is 8.65. The van der Waals surface area contributed by atoms with Crippen molar-refractivity contribution in [3.8, 4) is 0 Å². The van der Waals surface area contributed by atoms with E-state index in [0.29, 0.717) is 19.6 Å². The van der Waals surface area contributed by atoms with Crippen molar-refractivity contribution in [3.63, 3.8) is 0 Å². The Labute approximate surface area is 125 Å². The number of aliphatic hydroxyl groups excluding tert-OH is 1. The van der Waals surface area contributed by atoms with Gasteiger partial charge in [0.25, 0.3) is 0 Å². The molecule has 0 aliphatic carbocycles. The van der Waals surface area contributed by atoms with Crippen LogP contribution in [0.1, 0.15) is 90.4 Å². The third kappa shape index (κ3) is 15.5. The largest absolute Gasteiger partial charge is 0.466 e. The van der Waals surface area contributed by atoms with Gasteiger partial charge in [-0.25, -0.2) is 0 Å². The maximum Gasteiger partial charge on any atom is 0.305 e. The molecule has 0 aromatic rings. The summed E-state index contributed by atoms with van der Waals surface area (Å²) in [5.41, 5.74) is 0. The van der Waals surface area contributed by atoms with Crippen molar-refractivity contribution in [2.45, 2.75) is 90.4 Å². The molecule has 0 spiro atoms. The minimum Gasteiger partial charge on any atom is -0.466 e. The first-order valence-corrected chi connectivity index (χ1v) is 8.57. The van der Waals surface area contributed by atoms with Crippen LogP contribution in [0.3, 0.4) is 0 Å². The minimum absolute atomic E-state index is 0.0237. The van der Waals surface area contributed by atoms with Crippen molar-refractivity contribution in [1.82, 2.24) is 0 Å². The molecule has 0 aromatic carbocycles. The third-order valence-corrected chi connectivity index (χ3v) is 3.55. The molecule has 120 valence electrons. The number of ether oxygens (including phenoxy) is 1. The summed E-state index contributed by atoms with van der Waals surface area (Å²) in [4.78, 5) is 11.4. The molecule has 3 nitrogen and oxygen atoms in total. The second-order valence-corrected chi connectivity index (χ2v) is 5.58. The highest BCUT2D eigenvalue weighted by molar-refractivity contribution is 5.69. The van der Waals surface area contributed by atoms with Gasteiger partial charge in [0.1, 0.15) is 0 Å². The molecule has 0 radical (unpaired) electrons. The summed E-state index contributed by atoms with van der Waals surface area (Å²) in [6, 6.07) is 0. The van der Waals surface area contributed by atoms with Crippen molar-refractivity contribution < 1.29 is 14.6 Å². The SMILES string of the molecule is CCCCCCCC(=O)OCCCCCCCCCO. The van der Waals surface area contributed by atoms with Crippen molar-refractivity contribution in [2.75, 3.05) is 13.2 Å². The van der Waals surface area contributed by atoms with E-state index in [2.05, 4.69) is 6.92 Å². The lowest BCUT2D eigenvalue weighted by atomic mass is 10.1. The third-order valence-electron chi connectivity index (χ3n) is 3.55. The summed E-state index contributed by atoms with van der Waals surface area (Å²) in [5.74, 6) is -0.0237. The van der Waals surface area contributed by atoms with Crippen LogP contribution in [0.15, 0.2) is 0 Å². The van der Waals surface area contributed by atoms with Crippen LogP contribution in [0, 0.1) is 0 Å². The fourth-order valence-corrected chi connectivity index (χ4v) is 2.23. The summed E-state index contributed by atoms with van der Waals surface area (Å²) in [7, 11) is 0. The standard InChI is InChI=1S/C17H34O3/c1-2-3-4-8-11-14-17(19)20-16-13-10-7-5-6-9-12-15-18/h18H,2-16H2,1H3. The number of rotatable bonds is 15. The average Bonchev–Trinajstić information content (AvgIpc) is 2.45. The Morgan fingerprint density at radius 3 is 2.00 bits per heavy atom. The van der Waals surface area contributed by atoms with E-state index < -0.39 is 0 Å². The number of esters is 1. The first kappa shape index (κ1) is 19.4. The zero-order valence-corrected chi connectivity index (χ0v) is 13.4. The Morgan fingerprint density at radius 1 is 0.800 bits per heavy atom. The number of aliphatic hydroxyl groups is 1. The Hall–Kier alpha value is -0.570. The maximum atomic E-state index is 11.4. The number of hydrogen-bond acceptors (Lipinski definition) is 3. The molecule has 0 aliphatic rings. The summed E-state index contributed by atoms with van der Waals surface area (Å²) in [6.45, 7) is 3.10. The van der Waals surface area contributed by atoms with E-state index in [9.17, 15) is 4.79 Å². The van der Waals surface area contributed by atoms with Crippen molar-refractivity contribution in [3.05, 3.63) is 0 Å². The van der Waals surface area contributed by atoms with Crippen molar-refractivity contribution in [1.29, 1.82) is 0 Å². The first-order chi connectivity index (χ1) is 9.81. The summed E-state index contributed by atoms with van der Waals surface area (Å²) < 4.78 is 5.22. The molecule has 0 rings (SSSR count). The smallest absolute Gasteiger partial charge is 0.305 e. The normalized spacial score (nSPS) is 10.7. The zero-order valence-electron chi connectivity index (χ0n) is 13.4. The fourth-order valence-electron chi connectivity index (χ4n) is 2.23. The van der Waals surface area contributed by atoms with Gasteiger partial charge >= 0.3 is 5.97 Å². The van der Waals surface area contributed by atoms with E-state index in [0.717, 1.165) is 38.5 Å². The highest BCUT2D eigenvalue weighted by atomic mass is 16.5. The van der Waals surface area contributed by atoms with Gasteiger partial charge < -0.3 is 9.84 Å². The Bertz CT molecular complexity index is 204. The van der Waals surface area contributed by atoms with Gasteiger partial charge in [-0.1, -0.05) is 64.7 Å². The Kier molecular flexibility index (Phi) is 16.0. The maximum absolute atomic E-state index is 11.4. The van der Waals surface area contributed by atoms with E-state index in [1.165, 1.54) is 38.5 Å². The molecule has 0 atom stereocenters. The molecule has 0 unspecified atom stereocenters. The molecule has 0 heterocycles. The summed E-state index contributed by atoms with van der Waals surface area (Å²) >= 11 is 0. The van der Waals surface area contributed by atoms with Gasteiger partial charge in [-0.05, 0) is 19.3 Å². The van der Waals surface area contributed by atoms with E-state index in [1.54, 1.807) is 0 Å². The number of unbranched alkanes of at least 4 members (excludes halogenated alkanes) is 10. The highest BCUT2D eigenvalue weighted by Crippen LogP contribution is 2.08. The van der Waals surface area contributed by atoms with E-state index in [4.69, 9.17) is 9.84 Å². The van der Waals surface area contributed by atoms with Crippen LogP contribution < -0.4 is 0 Å². The van der Waals surface area contributed by atoms with Gasteiger partial charge in [0.2, 0.25) is 0 Å². The quantitative estimate of drug-likeness (QED) is 0.353. The van der Waals surface area contributed by atoms with E-state index in [1.807, 2.05) is 0 Å². The van der Waals surface area contributed by atoms with Crippen molar-refractivity contribution >= 4 is 5.97 Å². The highest BCUT2D eigenvalue weighted by Gasteiger charge is 2.02. The molecule has 0 saturated heterocycles. The molecule has 20 heavy (non-hydrogen) atoms. The van der Waals surface area contributed by atoms with Gasteiger partial charge in [-0.2, -0.15) is 0 Å². The molecule has 3 heteroatoms. The topological polar surface area (TPSA) is 46.5 Å².